The number of aryl methyl sites for hydroxylation is 1. The second kappa shape index (κ2) is 6.24. The van der Waals surface area contributed by atoms with Crippen LogP contribution in [0.1, 0.15) is 69.1 Å². The van der Waals surface area contributed by atoms with E-state index in [2.05, 4.69) is 33.0 Å². The summed E-state index contributed by atoms with van der Waals surface area (Å²) in [4.78, 5) is 21.4. The molecule has 6 rings (SSSR count). The second-order valence-corrected chi connectivity index (χ2v) is 8.75. The fraction of sp³-hybridized carbons (Fsp3) is 0.333. The summed E-state index contributed by atoms with van der Waals surface area (Å²) in [5, 5.41) is 14.7. The van der Waals surface area contributed by atoms with Crippen LogP contribution in [-0.2, 0) is 5.60 Å². The highest BCUT2D eigenvalue weighted by Crippen LogP contribution is 2.56. The molecule has 1 fully saturated rings. The fourth-order valence-electron chi connectivity index (χ4n) is 3.93. The normalized spacial score (nSPS) is 20.9. The number of benzene rings is 1. The average molecular weight is 406 g/mol. The van der Waals surface area contributed by atoms with E-state index in [4.69, 9.17) is 10.3 Å². The van der Waals surface area contributed by atoms with Crippen molar-refractivity contribution in [3.63, 3.8) is 0 Å². The van der Waals surface area contributed by atoms with Gasteiger partial charge in [-0.15, -0.1) is 11.3 Å². The molecule has 1 atom stereocenters. The van der Waals surface area contributed by atoms with Gasteiger partial charge >= 0.3 is 0 Å². The number of hydrogen-bond donors (Lipinski definition) is 2. The van der Waals surface area contributed by atoms with Crippen molar-refractivity contribution >= 4 is 17.2 Å². The van der Waals surface area contributed by atoms with Gasteiger partial charge in [-0.1, -0.05) is 23.1 Å². The van der Waals surface area contributed by atoms with Crippen molar-refractivity contribution in [1.82, 2.24) is 15.1 Å². The molecule has 1 amide bonds. The number of carbonyl (C=O) groups is 1. The summed E-state index contributed by atoms with van der Waals surface area (Å²) in [5.74, 6) is 6.78. The first kappa shape index (κ1) is 18.0. The molecule has 7 nitrogen and oxygen atoms in total. The molecule has 2 heterocycles. The fourth-order valence-corrected chi connectivity index (χ4v) is 4.99. The van der Waals surface area contributed by atoms with Crippen LogP contribution in [0.25, 0.3) is 11.3 Å². The van der Waals surface area contributed by atoms with E-state index >= 15 is 0 Å². The van der Waals surface area contributed by atoms with Crippen molar-refractivity contribution in [3.05, 3.63) is 50.9 Å². The van der Waals surface area contributed by atoms with Gasteiger partial charge in [0, 0.05) is 22.9 Å². The van der Waals surface area contributed by atoms with Crippen LogP contribution in [0.3, 0.4) is 0 Å². The standard InChI is InChI=1S/C21H18N4O3S/c1-10-23-20(25-28-10)21(2,27)6-5-11-3-4-14-12-8-13(9-12)17-16(15(14)7-11)24-19(29-17)18(22)26/h3-4,7,12-13,27H,8-9H2,1-2H3,(H2,22,26)/t12?,13?,21-/m1/s1. The van der Waals surface area contributed by atoms with E-state index in [0.29, 0.717) is 22.7 Å². The number of nitrogens with two attached hydrogens (primary N) is 1. The number of thiazole rings is 1. The predicted molar refractivity (Wildman–Crippen MR) is 106 cm³/mol. The van der Waals surface area contributed by atoms with Gasteiger partial charge in [0.1, 0.15) is 0 Å². The van der Waals surface area contributed by atoms with Crippen LogP contribution in [-0.4, -0.2) is 26.1 Å². The zero-order chi connectivity index (χ0) is 20.3. The van der Waals surface area contributed by atoms with Crippen molar-refractivity contribution < 1.29 is 14.4 Å². The summed E-state index contributed by atoms with van der Waals surface area (Å²) in [7, 11) is 0. The Morgan fingerprint density at radius 1 is 1.34 bits per heavy atom. The SMILES string of the molecule is Cc1nc([C@](C)(O)C#Cc2ccc3c(c2)-c2nc(C(N)=O)sc2C2CC3C2)no1. The molecule has 0 spiro atoms. The maximum atomic E-state index is 11.7. The first-order chi connectivity index (χ1) is 13.8. The largest absolute Gasteiger partial charge is 0.371 e. The summed E-state index contributed by atoms with van der Waals surface area (Å²) in [6.45, 7) is 3.18. The second-order valence-electron chi connectivity index (χ2n) is 7.72. The van der Waals surface area contributed by atoms with Crippen molar-refractivity contribution in [2.75, 3.05) is 0 Å². The molecule has 1 aromatic carbocycles. The van der Waals surface area contributed by atoms with Gasteiger partial charge in [0.05, 0.1) is 5.69 Å². The van der Waals surface area contributed by atoms with Crippen LogP contribution in [0.4, 0.5) is 0 Å². The Bertz CT molecular complexity index is 1210. The number of nitrogens with zero attached hydrogens (tertiary/aromatic N) is 3. The third-order valence-electron chi connectivity index (χ3n) is 5.53. The molecular formula is C21H18N4O3S. The Morgan fingerprint density at radius 2 is 2.14 bits per heavy atom. The molecule has 3 aliphatic rings. The number of carbonyl (C=O) groups excluding carboxylic acids is 1. The molecule has 3 N–H and O–H groups in total. The van der Waals surface area contributed by atoms with Gasteiger partial charge in [-0.25, -0.2) is 4.98 Å². The lowest BCUT2D eigenvalue weighted by Crippen LogP contribution is -2.20. The van der Waals surface area contributed by atoms with Crippen LogP contribution >= 0.6 is 11.3 Å². The van der Waals surface area contributed by atoms with E-state index in [1.54, 1.807) is 6.92 Å². The molecule has 146 valence electrons. The maximum absolute atomic E-state index is 11.7. The van der Waals surface area contributed by atoms with Gasteiger partial charge in [0.25, 0.3) is 5.91 Å². The number of rotatable bonds is 2. The van der Waals surface area contributed by atoms with E-state index in [9.17, 15) is 9.90 Å². The zero-order valence-corrected chi connectivity index (χ0v) is 16.7. The van der Waals surface area contributed by atoms with Crippen LogP contribution in [0.5, 0.6) is 0 Å². The van der Waals surface area contributed by atoms with E-state index in [-0.39, 0.29) is 5.82 Å². The van der Waals surface area contributed by atoms with Crippen molar-refractivity contribution in [3.8, 4) is 23.1 Å². The summed E-state index contributed by atoms with van der Waals surface area (Å²) < 4.78 is 4.93. The Hall–Kier alpha value is -3.02. The molecule has 1 saturated carbocycles. The lowest BCUT2D eigenvalue weighted by atomic mass is 9.72. The van der Waals surface area contributed by atoms with Gasteiger partial charge < -0.3 is 15.4 Å². The molecule has 0 radical (unpaired) electrons. The Morgan fingerprint density at radius 3 is 2.83 bits per heavy atom. The minimum absolute atomic E-state index is 0.131. The Kier molecular flexibility index (Phi) is 3.88. The quantitative estimate of drug-likeness (QED) is 0.633. The van der Waals surface area contributed by atoms with E-state index in [1.807, 2.05) is 12.1 Å². The monoisotopic (exact) mass is 406 g/mol. The first-order valence-electron chi connectivity index (χ1n) is 9.33. The smallest absolute Gasteiger partial charge is 0.277 e. The van der Waals surface area contributed by atoms with Crippen LogP contribution < -0.4 is 5.73 Å². The number of hydrogen-bond acceptors (Lipinski definition) is 7. The molecule has 8 heteroatoms. The lowest BCUT2D eigenvalue weighted by Gasteiger charge is -2.33. The molecule has 2 bridgehead atoms. The zero-order valence-electron chi connectivity index (χ0n) is 15.9. The topological polar surface area (TPSA) is 115 Å². The average Bonchev–Trinajstić information content (AvgIpc) is 3.22. The highest BCUT2D eigenvalue weighted by Gasteiger charge is 2.40. The molecule has 0 unspecified atom stereocenters. The van der Waals surface area contributed by atoms with Crippen molar-refractivity contribution in [2.45, 2.75) is 44.1 Å². The Labute approximate surface area is 171 Å². The number of primary amides is 1. The van der Waals surface area contributed by atoms with Gasteiger partial charge in [-0.05, 0) is 49.3 Å². The third-order valence-corrected chi connectivity index (χ3v) is 6.77. The summed E-state index contributed by atoms with van der Waals surface area (Å²) in [5.41, 5.74) is 7.74. The number of aromatic nitrogens is 3. The van der Waals surface area contributed by atoms with Crippen LogP contribution in [0, 0.1) is 18.8 Å². The molecule has 3 aliphatic carbocycles. The molecule has 0 saturated heterocycles. The first-order valence-corrected chi connectivity index (χ1v) is 10.1. The molecule has 3 aromatic rings. The Balaban J connectivity index is 1.57. The van der Waals surface area contributed by atoms with Gasteiger partial charge in [-0.2, -0.15) is 4.98 Å². The van der Waals surface area contributed by atoms with Crippen molar-refractivity contribution in [2.24, 2.45) is 5.73 Å². The predicted octanol–water partition coefficient (Wildman–Crippen LogP) is 2.83. The van der Waals surface area contributed by atoms with Crippen LogP contribution in [0.15, 0.2) is 22.7 Å². The third kappa shape index (κ3) is 2.94. The summed E-state index contributed by atoms with van der Waals surface area (Å²) in [6.07, 6.45) is 2.13. The van der Waals surface area contributed by atoms with Crippen LogP contribution in [0.2, 0.25) is 0 Å². The molecule has 29 heavy (non-hydrogen) atoms. The van der Waals surface area contributed by atoms with Gasteiger partial charge in [0.15, 0.2) is 10.6 Å². The molecular weight excluding hydrogens is 388 g/mol. The number of aliphatic hydroxyl groups is 1. The lowest BCUT2D eigenvalue weighted by molar-refractivity contribution is 0.0999. The highest BCUT2D eigenvalue weighted by atomic mass is 32.1. The van der Waals surface area contributed by atoms with Crippen molar-refractivity contribution in [1.29, 1.82) is 0 Å². The van der Waals surface area contributed by atoms with E-state index in [1.165, 1.54) is 23.8 Å². The summed E-state index contributed by atoms with van der Waals surface area (Å²) >= 11 is 1.40. The van der Waals surface area contributed by atoms with E-state index < -0.39 is 11.5 Å². The molecule has 0 aliphatic heterocycles. The summed E-state index contributed by atoms with van der Waals surface area (Å²) in [6, 6.07) is 6.00. The highest BCUT2D eigenvalue weighted by molar-refractivity contribution is 7.14. The maximum Gasteiger partial charge on any atom is 0.277 e. The number of amides is 1. The van der Waals surface area contributed by atoms with Gasteiger partial charge in [0.2, 0.25) is 11.7 Å². The molecule has 2 aromatic heterocycles. The minimum Gasteiger partial charge on any atom is -0.371 e. The van der Waals surface area contributed by atoms with Gasteiger partial charge in [-0.3, -0.25) is 4.79 Å². The minimum atomic E-state index is -1.53. The van der Waals surface area contributed by atoms with E-state index in [0.717, 1.165) is 34.5 Å².